The van der Waals surface area contributed by atoms with E-state index in [1.54, 1.807) is 0 Å². The molecule has 2 aromatic rings. The first-order chi connectivity index (χ1) is 9.69. The van der Waals surface area contributed by atoms with E-state index < -0.39 is 0 Å². The van der Waals surface area contributed by atoms with Gasteiger partial charge in [0.1, 0.15) is 12.4 Å². The molecule has 0 aliphatic carbocycles. The van der Waals surface area contributed by atoms with Gasteiger partial charge >= 0.3 is 0 Å². The number of hydrogen-bond acceptors (Lipinski definition) is 4. The number of nitrogens with zero attached hydrogens (tertiary/aromatic N) is 2. The van der Waals surface area contributed by atoms with E-state index in [1.165, 1.54) is 0 Å². The Morgan fingerprint density at radius 3 is 2.35 bits per heavy atom. The summed E-state index contributed by atoms with van der Waals surface area (Å²) in [6, 6.07) is 17.0. The lowest BCUT2D eigenvalue weighted by molar-refractivity contribution is 0.326. The number of nitrogens with two attached hydrogens (primary N) is 1. The van der Waals surface area contributed by atoms with Crippen molar-refractivity contribution in [2.45, 2.75) is 0 Å². The molecule has 102 valence electrons. The van der Waals surface area contributed by atoms with Gasteiger partial charge in [-0.15, -0.1) is 0 Å². The van der Waals surface area contributed by atoms with Crippen LogP contribution in [-0.2, 0) is 0 Å². The smallest absolute Gasteiger partial charge is 0.119 e. The molecule has 2 N–H and O–H groups in total. The molecule has 0 saturated carbocycles. The van der Waals surface area contributed by atoms with Gasteiger partial charge in [0.05, 0.1) is 18.2 Å². The molecule has 0 saturated heterocycles. The first-order valence-corrected chi connectivity index (χ1v) is 6.38. The number of anilines is 2. The summed E-state index contributed by atoms with van der Waals surface area (Å²) in [5.41, 5.74) is 8.07. The van der Waals surface area contributed by atoms with Gasteiger partial charge in [0.2, 0.25) is 0 Å². The lowest BCUT2D eigenvalue weighted by atomic mass is 10.2. The Hall–Kier alpha value is -2.67. The van der Waals surface area contributed by atoms with Crippen molar-refractivity contribution in [1.82, 2.24) is 0 Å². The van der Waals surface area contributed by atoms with Crippen LogP contribution < -0.4 is 15.4 Å². The molecule has 0 bridgehead atoms. The Labute approximate surface area is 119 Å². The van der Waals surface area contributed by atoms with Crippen LogP contribution in [0.25, 0.3) is 0 Å². The monoisotopic (exact) mass is 267 g/mol. The van der Waals surface area contributed by atoms with Gasteiger partial charge in [-0.05, 0) is 48.5 Å². The summed E-state index contributed by atoms with van der Waals surface area (Å²) in [4.78, 5) is 2.08. The maximum absolute atomic E-state index is 8.76. The Kier molecular flexibility index (Phi) is 4.46. The lowest BCUT2D eigenvalue weighted by Crippen LogP contribution is -2.23. The number of ether oxygens (including phenoxy) is 1. The molecular weight excluding hydrogens is 250 g/mol. The van der Waals surface area contributed by atoms with Gasteiger partial charge < -0.3 is 15.4 Å². The maximum atomic E-state index is 8.76. The van der Waals surface area contributed by atoms with E-state index in [4.69, 9.17) is 15.7 Å². The number of nitrogen functional groups attached to an aromatic ring is 1. The minimum atomic E-state index is 0.584. The average Bonchev–Trinajstić information content (AvgIpc) is 2.49. The second-order valence-corrected chi connectivity index (χ2v) is 4.50. The average molecular weight is 267 g/mol. The number of hydrogen-bond donors (Lipinski definition) is 1. The molecule has 0 fully saturated rings. The fourth-order valence-corrected chi connectivity index (χ4v) is 1.78. The summed E-state index contributed by atoms with van der Waals surface area (Å²) in [6.07, 6.45) is 0. The van der Waals surface area contributed by atoms with Gasteiger partial charge in [-0.2, -0.15) is 5.26 Å². The highest BCUT2D eigenvalue weighted by molar-refractivity contribution is 5.49. The van der Waals surface area contributed by atoms with Gasteiger partial charge in [0.25, 0.3) is 0 Å². The first kappa shape index (κ1) is 13.8. The van der Waals surface area contributed by atoms with Crippen LogP contribution in [0.2, 0.25) is 0 Å². The summed E-state index contributed by atoms with van der Waals surface area (Å²) < 4.78 is 5.65. The summed E-state index contributed by atoms with van der Waals surface area (Å²) >= 11 is 0. The van der Waals surface area contributed by atoms with Crippen molar-refractivity contribution in [2.75, 3.05) is 30.8 Å². The summed E-state index contributed by atoms with van der Waals surface area (Å²) in [5.74, 6) is 0.812. The number of nitriles is 1. The van der Waals surface area contributed by atoms with Crippen LogP contribution in [0.15, 0.2) is 48.5 Å². The predicted octanol–water partition coefficient (Wildman–Crippen LogP) is 2.66. The first-order valence-electron chi connectivity index (χ1n) is 6.38. The molecule has 0 aliphatic rings. The number of benzene rings is 2. The zero-order chi connectivity index (χ0) is 14.4. The molecular formula is C16H17N3O. The maximum Gasteiger partial charge on any atom is 0.119 e. The predicted molar refractivity (Wildman–Crippen MR) is 80.8 cm³/mol. The number of rotatable bonds is 5. The zero-order valence-corrected chi connectivity index (χ0v) is 11.4. The third-order valence-electron chi connectivity index (χ3n) is 3.01. The molecule has 0 heterocycles. The Bertz CT molecular complexity index is 585. The minimum Gasteiger partial charge on any atom is -0.492 e. The zero-order valence-electron chi connectivity index (χ0n) is 11.4. The molecule has 4 nitrogen and oxygen atoms in total. The second kappa shape index (κ2) is 6.48. The van der Waals surface area contributed by atoms with E-state index in [0.717, 1.165) is 23.7 Å². The van der Waals surface area contributed by atoms with E-state index in [0.29, 0.717) is 12.2 Å². The summed E-state index contributed by atoms with van der Waals surface area (Å²) in [5, 5.41) is 8.76. The fourth-order valence-electron chi connectivity index (χ4n) is 1.78. The molecule has 0 unspecified atom stereocenters. The van der Waals surface area contributed by atoms with Crippen LogP contribution in [0.5, 0.6) is 5.75 Å². The van der Waals surface area contributed by atoms with Crippen LogP contribution in [0, 0.1) is 11.3 Å². The molecule has 0 atom stereocenters. The second-order valence-electron chi connectivity index (χ2n) is 4.50. The summed E-state index contributed by atoms with van der Waals surface area (Å²) in [6.45, 7) is 1.34. The largest absolute Gasteiger partial charge is 0.492 e. The Morgan fingerprint density at radius 1 is 1.10 bits per heavy atom. The SMILES string of the molecule is CN(CCOc1ccc(N)cc1)c1ccc(C#N)cc1. The van der Waals surface area contributed by atoms with Gasteiger partial charge in [-0.25, -0.2) is 0 Å². The van der Waals surface area contributed by atoms with Crippen molar-refractivity contribution in [1.29, 1.82) is 5.26 Å². The van der Waals surface area contributed by atoms with E-state index >= 15 is 0 Å². The highest BCUT2D eigenvalue weighted by Gasteiger charge is 2.01. The van der Waals surface area contributed by atoms with Crippen LogP contribution >= 0.6 is 0 Å². The third-order valence-corrected chi connectivity index (χ3v) is 3.01. The molecule has 4 heteroatoms. The third kappa shape index (κ3) is 3.66. The van der Waals surface area contributed by atoms with Crippen molar-refractivity contribution in [3.05, 3.63) is 54.1 Å². The standard InChI is InChI=1S/C16H17N3O/c1-19(15-6-2-13(12-17)3-7-15)10-11-20-16-8-4-14(18)5-9-16/h2-9H,10-11,18H2,1H3. The topological polar surface area (TPSA) is 62.3 Å². The molecule has 2 aromatic carbocycles. The van der Waals surface area contributed by atoms with Crippen LogP contribution in [0.4, 0.5) is 11.4 Å². The van der Waals surface area contributed by atoms with Gasteiger partial charge in [0.15, 0.2) is 0 Å². The van der Waals surface area contributed by atoms with Gasteiger partial charge in [-0.1, -0.05) is 0 Å². The van der Waals surface area contributed by atoms with Gasteiger partial charge in [0, 0.05) is 18.4 Å². The summed E-state index contributed by atoms with van der Waals surface area (Å²) in [7, 11) is 1.99. The van der Waals surface area contributed by atoms with E-state index in [1.807, 2.05) is 55.6 Å². The van der Waals surface area contributed by atoms with Crippen molar-refractivity contribution >= 4 is 11.4 Å². The highest BCUT2D eigenvalue weighted by atomic mass is 16.5. The Morgan fingerprint density at radius 2 is 1.75 bits per heavy atom. The molecule has 0 spiro atoms. The quantitative estimate of drug-likeness (QED) is 0.846. The van der Waals surface area contributed by atoms with E-state index in [9.17, 15) is 0 Å². The van der Waals surface area contributed by atoms with E-state index in [-0.39, 0.29) is 0 Å². The minimum absolute atomic E-state index is 0.584. The molecule has 20 heavy (non-hydrogen) atoms. The highest BCUT2D eigenvalue weighted by Crippen LogP contribution is 2.15. The number of likely N-dealkylation sites (N-methyl/N-ethyl adjacent to an activating group) is 1. The molecule has 0 aromatic heterocycles. The van der Waals surface area contributed by atoms with Crippen LogP contribution in [0.1, 0.15) is 5.56 Å². The van der Waals surface area contributed by atoms with Crippen LogP contribution in [-0.4, -0.2) is 20.2 Å². The van der Waals surface area contributed by atoms with E-state index in [2.05, 4.69) is 11.0 Å². The van der Waals surface area contributed by atoms with Crippen molar-refractivity contribution in [3.8, 4) is 11.8 Å². The Balaban J connectivity index is 1.84. The molecule has 0 radical (unpaired) electrons. The molecule has 0 amide bonds. The molecule has 2 rings (SSSR count). The fraction of sp³-hybridized carbons (Fsp3) is 0.188. The van der Waals surface area contributed by atoms with Crippen molar-refractivity contribution < 1.29 is 4.74 Å². The normalized spacial score (nSPS) is 9.80. The van der Waals surface area contributed by atoms with Crippen LogP contribution in [0.3, 0.4) is 0 Å². The molecule has 0 aliphatic heterocycles. The lowest BCUT2D eigenvalue weighted by Gasteiger charge is -2.19. The van der Waals surface area contributed by atoms with Crippen molar-refractivity contribution in [3.63, 3.8) is 0 Å². The van der Waals surface area contributed by atoms with Gasteiger partial charge in [-0.3, -0.25) is 0 Å². The van der Waals surface area contributed by atoms with Crippen molar-refractivity contribution in [2.24, 2.45) is 0 Å².